The number of hydrogen-bond donors (Lipinski definition) is 0. The Morgan fingerprint density at radius 3 is 2.50 bits per heavy atom. The molecule has 0 saturated carbocycles. The smallest absolute Gasteiger partial charge is 0.348 e. The van der Waals surface area contributed by atoms with Gasteiger partial charge in [0.25, 0.3) is 0 Å². The zero-order chi connectivity index (χ0) is 13.9. The third-order valence-corrected chi connectivity index (χ3v) is 4.56. The van der Waals surface area contributed by atoms with Crippen LogP contribution in [0.1, 0.15) is 20.7 Å². The second-order valence-electron chi connectivity index (χ2n) is 4.47. The van der Waals surface area contributed by atoms with Crippen molar-refractivity contribution in [2.24, 2.45) is 0 Å². The quantitative estimate of drug-likeness (QED) is 0.361. The molecule has 0 spiro atoms. The fourth-order valence-corrected chi connectivity index (χ4v) is 3.63. The molecule has 2 heterocycles. The maximum Gasteiger partial charge on any atom is 0.348 e. The van der Waals surface area contributed by atoms with Crippen LogP contribution in [-0.4, -0.2) is 11.9 Å². The summed E-state index contributed by atoms with van der Waals surface area (Å²) >= 11 is 1.32. The predicted molar refractivity (Wildman–Crippen MR) is 75.3 cm³/mol. The van der Waals surface area contributed by atoms with Gasteiger partial charge in [-0.3, -0.25) is 4.79 Å². The Balaban J connectivity index is 2.28. The maximum atomic E-state index is 12.4. The highest BCUT2D eigenvalue weighted by Crippen LogP contribution is 2.32. The molecule has 4 rings (SSSR count). The summed E-state index contributed by atoms with van der Waals surface area (Å²) in [6.07, 6.45) is 0. The molecule has 4 nitrogen and oxygen atoms in total. The largest absolute Gasteiger partial charge is 0.386 e. The van der Waals surface area contributed by atoms with Crippen LogP contribution in [0.15, 0.2) is 41.2 Å². The Morgan fingerprint density at radius 2 is 1.65 bits per heavy atom. The molecule has 0 N–H and O–H groups in total. The van der Waals surface area contributed by atoms with Gasteiger partial charge < -0.3 is 4.74 Å². The summed E-state index contributed by atoms with van der Waals surface area (Å²) < 4.78 is 5.92. The van der Waals surface area contributed by atoms with Crippen molar-refractivity contribution in [1.29, 1.82) is 0 Å². The summed E-state index contributed by atoms with van der Waals surface area (Å²) in [5.74, 6) is -1.33. The van der Waals surface area contributed by atoms with Crippen LogP contribution >= 0.6 is 11.3 Å². The van der Waals surface area contributed by atoms with Crippen LogP contribution in [0.25, 0.3) is 20.2 Å². The lowest BCUT2D eigenvalue weighted by atomic mass is 10.1. The van der Waals surface area contributed by atoms with Crippen molar-refractivity contribution in [2.45, 2.75) is 0 Å². The zero-order valence-corrected chi connectivity index (χ0v) is 10.8. The fourth-order valence-electron chi connectivity index (χ4n) is 2.43. The molecule has 0 fully saturated rings. The van der Waals surface area contributed by atoms with Crippen molar-refractivity contribution in [2.75, 3.05) is 0 Å². The highest BCUT2D eigenvalue weighted by Gasteiger charge is 2.32. The van der Waals surface area contributed by atoms with Crippen LogP contribution < -0.4 is 5.43 Å². The molecule has 96 valence electrons. The summed E-state index contributed by atoms with van der Waals surface area (Å²) in [4.78, 5) is 35.8. The molecule has 0 bridgehead atoms. The number of carbonyl (C=O) groups is 2. The molecule has 2 aromatic carbocycles. The summed E-state index contributed by atoms with van der Waals surface area (Å²) in [6.45, 7) is 0. The van der Waals surface area contributed by atoms with Crippen molar-refractivity contribution < 1.29 is 14.3 Å². The van der Waals surface area contributed by atoms with E-state index in [1.807, 2.05) is 12.1 Å². The van der Waals surface area contributed by atoms with Gasteiger partial charge in [-0.05, 0) is 24.3 Å². The van der Waals surface area contributed by atoms with Crippen LogP contribution in [-0.2, 0) is 4.74 Å². The topological polar surface area (TPSA) is 60.4 Å². The van der Waals surface area contributed by atoms with E-state index < -0.39 is 11.9 Å². The Hall–Kier alpha value is -2.53. The molecule has 5 heteroatoms. The van der Waals surface area contributed by atoms with Crippen molar-refractivity contribution in [3.05, 3.63) is 57.7 Å². The van der Waals surface area contributed by atoms with E-state index in [1.165, 1.54) is 17.4 Å². The molecule has 0 unspecified atom stereocenters. The maximum absolute atomic E-state index is 12.4. The normalized spacial score (nSPS) is 13.8. The van der Waals surface area contributed by atoms with Crippen molar-refractivity contribution >= 4 is 43.4 Å². The van der Waals surface area contributed by atoms with E-state index in [4.69, 9.17) is 0 Å². The zero-order valence-electron chi connectivity index (χ0n) is 10.0. The lowest BCUT2D eigenvalue weighted by molar-refractivity contribution is 0.0444. The van der Waals surface area contributed by atoms with Crippen molar-refractivity contribution in [1.82, 2.24) is 0 Å². The number of fused-ring (bicyclic) bond motifs is 4. The first-order chi connectivity index (χ1) is 9.66. The molecule has 0 saturated heterocycles. The monoisotopic (exact) mass is 282 g/mol. The van der Waals surface area contributed by atoms with E-state index in [0.29, 0.717) is 15.5 Å². The van der Waals surface area contributed by atoms with E-state index in [1.54, 1.807) is 18.2 Å². The van der Waals surface area contributed by atoms with Gasteiger partial charge in [-0.25, -0.2) is 9.59 Å². The summed E-state index contributed by atoms with van der Waals surface area (Å²) in [5.41, 5.74) is 0.304. The Labute approximate surface area is 116 Å². The molecule has 0 atom stereocenters. The highest BCUT2D eigenvalue weighted by atomic mass is 32.1. The second kappa shape index (κ2) is 3.74. The van der Waals surface area contributed by atoms with E-state index >= 15 is 0 Å². The van der Waals surface area contributed by atoms with Crippen LogP contribution in [0.3, 0.4) is 0 Å². The molecule has 0 aliphatic carbocycles. The minimum Gasteiger partial charge on any atom is -0.386 e. The minimum absolute atomic E-state index is 0.135. The molecule has 3 aromatic rings. The molecular weight excluding hydrogens is 276 g/mol. The second-order valence-corrected chi connectivity index (χ2v) is 5.52. The van der Waals surface area contributed by atoms with Gasteiger partial charge in [0.15, 0.2) is 5.43 Å². The van der Waals surface area contributed by atoms with Crippen LogP contribution in [0, 0.1) is 0 Å². The molecule has 0 amide bonds. The first-order valence-electron chi connectivity index (χ1n) is 5.92. The van der Waals surface area contributed by atoms with Gasteiger partial charge in [0.05, 0.1) is 15.8 Å². The lowest BCUT2D eigenvalue weighted by Crippen LogP contribution is -2.03. The average molecular weight is 282 g/mol. The number of ether oxygens (including phenoxy) is 1. The average Bonchev–Trinajstić information content (AvgIpc) is 2.74. The number of carbonyl (C=O) groups excluding carboxylic acids is 2. The van der Waals surface area contributed by atoms with Gasteiger partial charge in [-0.15, -0.1) is 11.3 Å². The Kier molecular flexibility index (Phi) is 2.11. The van der Waals surface area contributed by atoms with Crippen molar-refractivity contribution in [3.8, 4) is 0 Å². The lowest BCUT2D eigenvalue weighted by Gasteiger charge is -2.02. The molecule has 20 heavy (non-hydrogen) atoms. The Bertz CT molecular complexity index is 984. The Morgan fingerprint density at radius 1 is 0.850 bits per heavy atom. The third-order valence-electron chi connectivity index (χ3n) is 3.36. The molecule has 1 aliphatic rings. The molecule has 0 radical (unpaired) electrons. The predicted octanol–water partition coefficient (Wildman–Crippen LogP) is 2.73. The summed E-state index contributed by atoms with van der Waals surface area (Å²) in [7, 11) is 0. The molecule has 1 aliphatic heterocycles. The van der Waals surface area contributed by atoms with Gasteiger partial charge in [-0.1, -0.05) is 12.1 Å². The third kappa shape index (κ3) is 1.32. The fraction of sp³-hybridized carbons (Fsp3) is 0. The van der Waals surface area contributed by atoms with E-state index in [-0.39, 0.29) is 16.6 Å². The number of cyclic esters (lactones) is 2. The van der Waals surface area contributed by atoms with Crippen LogP contribution in [0.2, 0.25) is 0 Å². The number of rotatable bonds is 0. The van der Waals surface area contributed by atoms with Gasteiger partial charge in [0, 0.05) is 15.5 Å². The number of benzene rings is 2. The summed E-state index contributed by atoms with van der Waals surface area (Å²) in [5, 5.41) is 1.06. The molecular formula is C15H6O4S. The first-order valence-corrected chi connectivity index (χ1v) is 6.73. The van der Waals surface area contributed by atoms with Gasteiger partial charge >= 0.3 is 11.9 Å². The first kappa shape index (κ1) is 11.3. The van der Waals surface area contributed by atoms with Crippen LogP contribution in [0.4, 0.5) is 0 Å². The van der Waals surface area contributed by atoms with E-state index in [9.17, 15) is 14.4 Å². The van der Waals surface area contributed by atoms with Gasteiger partial charge in [0.2, 0.25) is 0 Å². The van der Waals surface area contributed by atoms with Gasteiger partial charge in [-0.2, -0.15) is 0 Å². The standard InChI is InChI=1S/C15H6O4S/c16-12-7-3-1-2-4-10(7)20-13-9(12)6-5-8-11(13)15(18)19-14(8)17/h1-6H. The van der Waals surface area contributed by atoms with E-state index in [2.05, 4.69) is 4.74 Å². The number of esters is 2. The molecule has 1 aromatic heterocycles. The van der Waals surface area contributed by atoms with Gasteiger partial charge in [0.1, 0.15) is 0 Å². The van der Waals surface area contributed by atoms with E-state index in [0.717, 1.165) is 4.70 Å². The SMILES string of the molecule is O=C1OC(=O)c2c1ccc1c(=O)c3ccccc3sc21. The summed E-state index contributed by atoms with van der Waals surface area (Å²) in [6, 6.07) is 10.3. The minimum atomic E-state index is -0.679. The van der Waals surface area contributed by atoms with Crippen LogP contribution in [0.5, 0.6) is 0 Å². The van der Waals surface area contributed by atoms with Crippen molar-refractivity contribution in [3.63, 3.8) is 0 Å². The number of hydrogen-bond acceptors (Lipinski definition) is 5. The highest BCUT2D eigenvalue weighted by molar-refractivity contribution is 7.25.